The number of aliphatic imine (C=N–C) groups is 1. The summed E-state index contributed by atoms with van der Waals surface area (Å²) >= 11 is 6.01. The zero-order valence-electron chi connectivity index (χ0n) is 15.4. The van der Waals surface area contributed by atoms with Gasteiger partial charge in [0.25, 0.3) is 0 Å². The van der Waals surface area contributed by atoms with Gasteiger partial charge in [-0.15, -0.1) is 0 Å². The summed E-state index contributed by atoms with van der Waals surface area (Å²) in [6, 6.07) is 11.4. The average molecular weight is 378 g/mol. The number of methoxy groups -OCH3 is 3. The third-order valence-corrected chi connectivity index (χ3v) is 4.04. The number of rotatable bonds is 7. The number of hydrogen-bond acceptors (Lipinski definition) is 4. The van der Waals surface area contributed by atoms with Gasteiger partial charge >= 0.3 is 0 Å². The van der Waals surface area contributed by atoms with Gasteiger partial charge in [0, 0.05) is 36.8 Å². The molecule has 140 valence electrons. The largest absolute Gasteiger partial charge is 0.496 e. The van der Waals surface area contributed by atoms with E-state index in [0.717, 1.165) is 11.1 Å². The van der Waals surface area contributed by atoms with Crippen molar-refractivity contribution in [1.29, 1.82) is 0 Å². The topological polar surface area (TPSA) is 64.1 Å². The van der Waals surface area contributed by atoms with E-state index >= 15 is 0 Å². The molecule has 0 aliphatic heterocycles. The molecule has 0 bridgehead atoms. The second-order valence-electron chi connectivity index (χ2n) is 5.43. The third kappa shape index (κ3) is 5.20. The molecule has 2 rings (SSSR count). The standard InChI is InChI=1S/C19H24ClN3O3/c1-21-19(22-11-13-6-5-7-15(20)8-13)23-12-14-9-17(25-3)18(26-4)10-16(14)24-2/h5-10H,11-12H2,1-4H3,(H2,21,22,23). The van der Waals surface area contributed by atoms with E-state index in [2.05, 4.69) is 15.6 Å². The van der Waals surface area contributed by atoms with Crippen LogP contribution in [0.2, 0.25) is 5.02 Å². The molecule has 2 aromatic rings. The molecule has 0 heterocycles. The quantitative estimate of drug-likeness (QED) is 0.573. The van der Waals surface area contributed by atoms with Gasteiger partial charge in [0.1, 0.15) is 5.75 Å². The Hall–Kier alpha value is -2.60. The van der Waals surface area contributed by atoms with Crippen molar-refractivity contribution in [3.8, 4) is 17.2 Å². The van der Waals surface area contributed by atoms with Gasteiger partial charge in [-0.1, -0.05) is 23.7 Å². The minimum absolute atomic E-state index is 0.513. The van der Waals surface area contributed by atoms with Crippen LogP contribution in [0.3, 0.4) is 0 Å². The van der Waals surface area contributed by atoms with Gasteiger partial charge in [-0.05, 0) is 23.8 Å². The van der Waals surface area contributed by atoms with Crippen molar-refractivity contribution in [3.05, 3.63) is 52.5 Å². The lowest BCUT2D eigenvalue weighted by atomic mass is 10.1. The van der Waals surface area contributed by atoms with Gasteiger partial charge in [-0.25, -0.2) is 0 Å². The van der Waals surface area contributed by atoms with Gasteiger partial charge in [-0.2, -0.15) is 0 Å². The van der Waals surface area contributed by atoms with Gasteiger partial charge in [0.15, 0.2) is 17.5 Å². The monoisotopic (exact) mass is 377 g/mol. The smallest absolute Gasteiger partial charge is 0.191 e. The Labute approximate surface area is 159 Å². The maximum absolute atomic E-state index is 6.01. The van der Waals surface area contributed by atoms with Crippen LogP contribution >= 0.6 is 11.6 Å². The first-order valence-electron chi connectivity index (χ1n) is 8.09. The van der Waals surface area contributed by atoms with Crippen LogP contribution in [0.25, 0.3) is 0 Å². The fraction of sp³-hybridized carbons (Fsp3) is 0.316. The number of halogens is 1. The van der Waals surface area contributed by atoms with Crippen LogP contribution in [0, 0.1) is 0 Å². The minimum atomic E-state index is 0.513. The summed E-state index contributed by atoms with van der Waals surface area (Å²) in [5, 5.41) is 7.23. The summed E-state index contributed by atoms with van der Waals surface area (Å²) in [5.41, 5.74) is 2.00. The van der Waals surface area contributed by atoms with E-state index in [0.29, 0.717) is 41.3 Å². The Morgan fingerprint density at radius 1 is 0.923 bits per heavy atom. The Kier molecular flexibility index (Phi) is 7.41. The molecule has 26 heavy (non-hydrogen) atoms. The second kappa shape index (κ2) is 9.77. The summed E-state index contributed by atoms with van der Waals surface area (Å²) in [7, 11) is 6.54. The second-order valence-corrected chi connectivity index (χ2v) is 5.86. The van der Waals surface area contributed by atoms with E-state index in [4.69, 9.17) is 25.8 Å². The van der Waals surface area contributed by atoms with Gasteiger partial charge < -0.3 is 24.8 Å². The minimum Gasteiger partial charge on any atom is -0.496 e. The summed E-state index contributed by atoms with van der Waals surface area (Å²) in [4.78, 5) is 4.24. The average Bonchev–Trinajstić information content (AvgIpc) is 2.67. The molecule has 2 N–H and O–H groups in total. The number of hydrogen-bond donors (Lipinski definition) is 2. The first-order valence-corrected chi connectivity index (χ1v) is 8.47. The summed E-state index contributed by atoms with van der Waals surface area (Å²) in [5.74, 6) is 2.64. The number of benzene rings is 2. The van der Waals surface area contributed by atoms with Crippen molar-refractivity contribution in [1.82, 2.24) is 10.6 Å². The van der Waals surface area contributed by atoms with Gasteiger partial charge in [-0.3, -0.25) is 4.99 Å². The van der Waals surface area contributed by atoms with E-state index in [-0.39, 0.29) is 0 Å². The predicted molar refractivity (Wildman–Crippen MR) is 105 cm³/mol. The summed E-state index contributed by atoms with van der Waals surface area (Å²) < 4.78 is 16.1. The zero-order valence-corrected chi connectivity index (χ0v) is 16.2. The third-order valence-electron chi connectivity index (χ3n) is 3.81. The Morgan fingerprint density at radius 3 is 2.19 bits per heavy atom. The highest BCUT2D eigenvalue weighted by Gasteiger charge is 2.12. The van der Waals surface area contributed by atoms with E-state index in [1.54, 1.807) is 34.4 Å². The lowest BCUT2D eigenvalue weighted by Crippen LogP contribution is -2.36. The molecule has 0 spiro atoms. The molecule has 0 unspecified atom stereocenters. The lowest BCUT2D eigenvalue weighted by Gasteiger charge is -2.16. The van der Waals surface area contributed by atoms with E-state index in [9.17, 15) is 0 Å². The molecule has 0 aliphatic rings. The maximum atomic E-state index is 6.01. The molecule has 0 atom stereocenters. The fourth-order valence-electron chi connectivity index (χ4n) is 2.46. The molecule has 0 aromatic heterocycles. The molecule has 0 saturated carbocycles. The molecule has 0 saturated heterocycles. The molecular formula is C19H24ClN3O3. The van der Waals surface area contributed by atoms with Crippen LogP contribution in [-0.2, 0) is 13.1 Å². The highest BCUT2D eigenvalue weighted by atomic mass is 35.5. The van der Waals surface area contributed by atoms with E-state index in [1.165, 1.54) is 0 Å². The van der Waals surface area contributed by atoms with Crippen LogP contribution < -0.4 is 24.8 Å². The summed E-state index contributed by atoms with van der Waals surface area (Å²) in [6.45, 7) is 1.13. The normalized spacial score (nSPS) is 11.0. The van der Waals surface area contributed by atoms with Crippen molar-refractivity contribution >= 4 is 17.6 Å². The molecule has 0 amide bonds. The van der Waals surface area contributed by atoms with E-state index in [1.807, 2.05) is 30.3 Å². The van der Waals surface area contributed by atoms with E-state index < -0.39 is 0 Å². The lowest BCUT2D eigenvalue weighted by molar-refractivity contribution is 0.347. The molecule has 2 aromatic carbocycles. The SMILES string of the molecule is CN=C(NCc1cccc(Cl)c1)NCc1cc(OC)c(OC)cc1OC. The van der Waals surface area contributed by atoms with Crippen molar-refractivity contribution in [3.63, 3.8) is 0 Å². The van der Waals surface area contributed by atoms with Crippen LogP contribution in [-0.4, -0.2) is 34.3 Å². The number of nitrogens with one attached hydrogen (secondary N) is 2. The fourth-order valence-corrected chi connectivity index (χ4v) is 2.68. The predicted octanol–water partition coefficient (Wildman–Crippen LogP) is 3.23. The number of guanidine groups is 1. The molecule has 0 radical (unpaired) electrons. The Morgan fingerprint density at radius 2 is 1.58 bits per heavy atom. The van der Waals surface area contributed by atoms with Crippen LogP contribution in [0.4, 0.5) is 0 Å². The first kappa shape index (κ1) is 19.7. The Balaban J connectivity index is 2.03. The van der Waals surface area contributed by atoms with Crippen LogP contribution in [0.5, 0.6) is 17.2 Å². The van der Waals surface area contributed by atoms with Crippen LogP contribution in [0.1, 0.15) is 11.1 Å². The van der Waals surface area contributed by atoms with Crippen LogP contribution in [0.15, 0.2) is 41.4 Å². The highest BCUT2D eigenvalue weighted by molar-refractivity contribution is 6.30. The molecular weight excluding hydrogens is 354 g/mol. The van der Waals surface area contributed by atoms with Crippen molar-refractivity contribution in [2.45, 2.75) is 13.1 Å². The highest BCUT2D eigenvalue weighted by Crippen LogP contribution is 2.34. The number of nitrogens with zero attached hydrogens (tertiary/aromatic N) is 1. The van der Waals surface area contributed by atoms with Crippen molar-refractivity contribution in [2.24, 2.45) is 4.99 Å². The molecule has 0 aliphatic carbocycles. The zero-order chi connectivity index (χ0) is 18.9. The first-order chi connectivity index (χ1) is 12.6. The van der Waals surface area contributed by atoms with Gasteiger partial charge in [0.05, 0.1) is 21.3 Å². The molecule has 7 heteroatoms. The Bertz CT molecular complexity index is 766. The summed E-state index contributed by atoms with van der Waals surface area (Å²) in [6.07, 6.45) is 0. The maximum Gasteiger partial charge on any atom is 0.191 e. The van der Waals surface area contributed by atoms with Gasteiger partial charge in [0.2, 0.25) is 0 Å². The van der Waals surface area contributed by atoms with Crippen molar-refractivity contribution < 1.29 is 14.2 Å². The molecule has 0 fully saturated rings. The molecule has 6 nitrogen and oxygen atoms in total. The van der Waals surface area contributed by atoms with Crippen molar-refractivity contribution in [2.75, 3.05) is 28.4 Å². The number of ether oxygens (including phenoxy) is 3.